The molecule has 0 aliphatic carbocycles. The molecule has 1 fully saturated rings. The molecule has 0 aromatic carbocycles. The Morgan fingerprint density at radius 3 is 2.88 bits per heavy atom. The van der Waals surface area contributed by atoms with Crippen molar-refractivity contribution in [2.45, 2.75) is 33.2 Å². The molecule has 1 amide bonds. The van der Waals surface area contributed by atoms with Crippen molar-refractivity contribution in [3.63, 3.8) is 0 Å². The lowest BCUT2D eigenvalue weighted by atomic mass is 9.93. The third-order valence-electron chi connectivity index (χ3n) is 4.21. The van der Waals surface area contributed by atoms with Crippen LogP contribution in [-0.2, 0) is 4.79 Å². The first-order chi connectivity index (χ1) is 11.8. The summed E-state index contributed by atoms with van der Waals surface area (Å²) < 4.78 is 13.9. The molecule has 0 saturated carbocycles. The predicted molar refractivity (Wildman–Crippen MR) is 112 cm³/mol. The van der Waals surface area contributed by atoms with Gasteiger partial charge in [0.1, 0.15) is 0 Å². The SMILES string of the molecule is CCNC(=NCC(C)(C)C(N)=O)NC1CCN(c2ncccc2F)C1.I. The van der Waals surface area contributed by atoms with Crippen molar-refractivity contribution < 1.29 is 9.18 Å². The Hall–Kier alpha value is -1.65. The van der Waals surface area contributed by atoms with E-state index in [1.807, 2.05) is 11.8 Å². The highest BCUT2D eigenvalue weighted by Crippen LogP contribution is 2.21. The van der Waals surface area contributed by atoms with Crippen LogP contribution in [-0.4, -0.2) is 49.1 Å². The minimum absolute atomic E-state index is 0. The van der Waals surface area contributed by atoms with Crippen LogP contribution in [0.2, 0.25) is 0 Å². The number of anilines is 1. The van der Waals surface area contributed by atoms with Crippen LogP contribution < -0.4 is 21.3 Å². The van der Waals surface area contributed by atoms with E-state index in [0.717, 1.165) is 13.0 Å². The van der Waals surface area contributed by atoms with E-state index in [1.165, 1.54) is 6.07 Å². The topological polar surface area (TPSA) is 95.6 Å². The Labute approximate surface area is 171 Å². The molecule has 2 heterocycles. The number of nitrogens with zero attached hydrogens (tertiary/aromatic N) is 3. The maximum Gasteiger partial charge on any atom is 0.224 e. The second-order valence-corrected chi connectivity index (χ2v) is 6.83. The van der Waals surface area contributed by atoms with Crippen LogP contribution in [0.25, 0.3) is 0 Å². The van der Waals surface area contributed by atoms with E-state index in [9.17, 15) is 9.18 Å². The van der Waals surface area contributed by atoms with Crippen molar-refractivity contribution in [3.8, 4) is 0 Å². The summed E-state index contributed by atoms with van der Waals surface area (Å²) in [6.07, 6.45) is 2.44. The Bertz CT molecular complexity index is 639. The largest absolute Gasteiger partial charge is 0.369 e. The van der Waals surface area contributed by atoms with Gasteiger partial charge in [-0.25, -0.2) is 9.37 Å². The molecule has 1 aromatic heterocycles. The molecule has 0 bridgehead atoms. The first-order valence-corrected chi connectivity index (χ1v) is 8.53. The molecule has 1 atom stereocenters. The van der Waals surface area contributed by atoms with Crippen molar-refractivity contribution in [1.82, 2.24) is 15.6 Å². The van der Waals surface area contributed by atoms with E-state index in [0.29, 0.717) is 31.4 Å². The van der Waals surface area contributed by atoms with Gasteiger partial charge < -0.3 is 21.3 Å². The quantitative estimate of drug-likeness (QED) is 0.327. The Morgan fingerprint density at radius 2 is 2.27 bits per heavy atom. The van der Waals surface area contributed by atoms with E-state index in [-0.39, 0.29) is 41.7 Å². The number of amides is 1. The zero-order valence-corrected chi connectivity index (χ0v) is 17.8. The van der Waals surface area contributed by atoms with Crippen molar-refractivity contribution in [2.24, 2.45) is 16.1 Å². The summed E-state index contributed by atoms with van der Waals surface area (Å²) in [6.45, 7) is 7.86. The summed E-state index contributed by atoms with van der Waals surface area (Å²) >= 11 is 0. The van der Waals surface area contributed by atoms with Gasteiger partial charge in [0, 0.05) is 31.9 Å². The average molecular weight is 478 g/mol. The molecule has 2 rings (SSSR count). The average Bonchev–Trinajstić information content (AvgIpc) is 3.01. The molecule has 0 spiro atoms. The Kier molecular flexibility index (Phi) is 8.51. The van der Waals surface area contributed by atoms with Gasteiger partial charge in [-0.05, 0) is 39.3 Å². The number of aliphatic imine (C=N–C) groups is 1. The molecular weight excluding hydrogens is 450 g/mol. The van der Waals surface area contributed by atoms with Crippen molar-refractivity contribution in [1.29, 1.82) is 0 Å². The third kappa shape index (κ3) is 5.96. The van der Waals surface area contributed by atoms with Crippen LogP contribution in [0.5, 0.6) is 0 Å². The lowest BCUT2D eigenvalue weighted by Crippen LogP contribution is -2.45. The molecule has 146 valence electrons. The van der Waals surface area contributed by atoms with E-state index in [4.69, 9.17) is 5.73 Å². The molecule has 4 N–H and O–H groups in total. The van der Waals surface area contributed by atoms with Crippen LogP contribution in [0.15, 0.2) is 23.3 Å². The van der Waals surface area contributed by atoms with Gasteiger partial charge in [0.2, 0.25) is 5.91 Å². The normalized spacial score (nSPS) is 17.6. The lowest BCUT2D eigenvalue weighted by Gasteiger charge is -2.22. The summed E-state index contributed by atoms with van der Waals surface area (Å²) in [5, 5.41) is 6.51. The maximum atomic E-state index is 13.9. The van der Waals surface area contributed by atoms with Crippen molar-refractivity contribution >= 4 is 41.7 Å². The third-order valence-corrected chi connectivity index (χ3v) is 4.21. The van der Waals surface area contributed by atoms with Gasteiger partial charge in [0.25, 0.3) is 0 Å². The highest BCUT2D eigenvalue weighted by molar-refractivity contribution is 14.0. The fraction of sp³-hybridized carbons (Fsp3) is 0.588. The van der Waals surface area contributed by atoms with Gasteiger partial charge in [-0.2, -0.15) is 0 Å². The highest BCUT2D eigenvalue weighted by Gasteiger charge is 2.27. The number of hydrogen-bond donors (Lipinski definition) is 3. The highest BCUT2D eigenvalue weighted by atomic mass is 127. The molecule has 9 heteroatoms. The molecule has 26 heavy (non-hydrogen) atoms. The van der Waals surface area contributed by atoms with E-state index in [1.54, 1.807) is 26.1 Å². The molecular formula is C17H28FIN6O. The molecule has 1 saturated heterocycles. The lowest BCUT2D eigenvalue weighted by molar-refractivity contribution is -0.125. The summed E-state index contributed by atoms with van der Waals surface area (Å²) in [6, 6.07) is 3.12. The number of carbonyl (C=O) groups excluding carboxylic acids is 1. The fourth-order valence-corrected chi connectivity index (χ4v) is 2.55. The second-order valence-electron chi connectivity index (χ2n) is 6.83. The minimum Gasteiger partial charge on any atom is -0.369 e. The monoisotopic (exact) mass is 478 g/mol. The van der Waals surface area contributed by atoms with Crippen LogP contribution in [0.4, 0.5) is 10.2 Å². The minimum atomic E-state index is -0.707. The molecule has 0 radical (unpaired) electrons. The number of hydrogen-bond acceptors (Lipinski definition) is 4. The zero-order chi connectivity index (χ0) is 18.4. The van der Waals surface area contributed by atoms with E-state index >= 15 is 0 Å². The number of aromatic nitrogens is 1. The molecule has 7 nitrogen and oxygen atoms in total. The Balaban J connectivity index is 0.00000338. The molecule has 1 aromatic rings. The van der Waals surface area contributed by atoms with E-state index < -0.39 is 5.41 Å². The second kappa shape index (κ2) is 9.89. The molecule has 1 aliphatic rings. The zero-order valence-electron chi connectivity index (χ0n) is 15.5. The predicted octanol–water partition coefficient (Wildman–Crippen LogP) is 1.48. The fourth-order valence-electron chi connectivity index (χ4n) is 2.55. The number of halogens is 2. The van der Waals surface area contributed by atoms with Crippen LogP contribution >= 0.6 is 24.0 Å². The summed E-state index contributed by atoms with van der Waals surface area (Å²) in [5.74, 6) is 0.311. The number of guanidine groups is 1. The summed E-state index contributed by atoms with van der Waals surface area (Å²) in [5.41, 5.74) is 4.69. The van der Waals surface area contributed by atoms with Crippen molar-refractivity contribution in [3.05, 3.63) is 24.1 Å². The molecule has 1 aliphatic heterocycles. The van der Waals surface area contributed by atoms with Gasteiger partial charge in [-0.15, -0.1) is 24.0 Å². The number of primary amides is 1. The summed E-state index contributed by atoms with van der Waals surface area (Å²) in [7, 11) is 0. The van der Waals surface area contributed by atoms with Crippen LogP contribution in [0.3, 0.4) is 0 Å². The number of nitrogens with two attached hydrogens (primary N) is 1. The number of nitrogens with one attached hydrogen (secondary N) is 2. The smallest absolute Gasteiger partial charge is 0.224 e. The van der Waals surface area contributed by atoms with Gasteiger partial charge in [0.15, 0.2) is 17.6 Å². The number of rotatable bonds is 6. The molecule has 1 unspecified atom stereocenters. The summed E-state index contributed by atoms with van der Waals surface area (Å²) in [4.78, 5) is 21.9. The number of carbonyl (C=O) groups is 1. The first-order valence-electron chi connectivity index (χ1n) is 8.53. The van der Waals surface area contributed by atoms with Crippen molar-refractivity contribution in [2.75, 3.05) is 31.1 Å². The maximum absolute atomic E-state index is 13.9. The van der Waals surface area contributed by atoms with Gasteiger partial charge in [-0.1, -0.05) is 0 Å². The van der Waals surface area contributed by atoms with Gasteiger partial charge >= 0.3 is 0 Å². The van der Waals surface area contributed by atoms with Gasteiger partial charge in [0.05, 0.1) is 12.0 Å². The van der Waals surface area contributed by atoms with Gasteiger partial charge in [-0.3, -0.25) is 9.79 Å². The first kappa shape index (κ1) is 22.4. The number of pyridine rings is 1. The van der Waals surface area contributed by atoms with Crippen LogP contribution in [0.1, 0.15) is 27.2 Å². The van der Waals surface area contributed by atoms with Crippen LogP contribution in [0, 0.1) is 11.2 Å². The van der Waals surface area contributed by atoms with E-state index in [2.05, 4.69) is 20.6 Å². The Morgan fingerprint density at radius 1 is 1.54 bits per heavy atom. The standard InChI is InChI=1S/C17H27FN6O.HI/c1-4-20-16(22-11-17(2,3)15(19)25)23-12-7-9-24(10-12)14-13(18)6-5-8-21-14;/h5-6,8,12H,4,7,9-11H2,1-3H3,(H2,19,25)(H2,20,22,23);1H.